The van der Waals surface area contributed by atoms with Crippen LogP contribution in [0.1, 0.15) is 20.7 Å². The summed E-state index contributed by atoms with van der Waals surface area (Å²) in [5, 5.41) is 10.3. The number of amides is 1. The fourth-order valence-electron chi connectivity index (χ4n) is 3.07. The molecule has 8 heteroatoms. The molecule has 3 aromatic carbocycles. The van der Waals surface area contributed by atoms with Crippen molar-refractivity contribution >= 4 is 11.9 Å². The van der Waals surface area contributed by atoms with E-state index in [0.717, 1.165) is 0 Å². The first-order chi connectivity index (χ1) is 15.5. The second-order valence-electron chi connectivity index (χ2n) is 6.83. The molecule has 1 aromatic heterocycles. The van der Waals surface area contributed by atoms with E-state index in [2.05, 4.69) is 15.0 Å². The number of carbonyl (C=O) groups is 2. The van der Waals surface area contributed by atoms with Crippen molar-refractivity contribution in [3.8, 4) is 39.9 Å². The monoisotopic (exact) mass is 426 g/mol. The summed E-state index contributed by atoms with van der Waals surface area (Å²) in [7, 11) is 1.32. The lowest BCUT2D eigenvalue weighted by atomic mass is 10.1. The Hall–Kier alpha value is -4.59. The largest absolute Gasteiger partial charge is 0.507 e. The molecule has 0 aliphatic rings. The molecule has 8 nitrogen and oxygen atoms in total. The molecule has 1 heterocycles. The average Bonchev–Trinajstić information content (AvgIpc) is 2.83. The number of hydrogen-bond acceptors (Lipinski definition) is 7. The minimum absolute atomic E-state index is 0.0284. The van der Waals surface area contributed by atoms with E-state index in [0.29, 0.717) is 39.5 Å². The van der Waals surface area contributed by atoms with Crippen molar-refractivity contribution in [1.82, 2.24) is 15.0 Å². The van der Waals surface area contributed by atoms with Crippen LogP contribution in [0.25, 0.3) is 34.2 Å². The van der Waals surface area contributed by atoms with Gasteiger partial charge in [0.15, 0.2) is 17.5 Å². The number of aromatic nitrogens is 3. The van der Waals surface area contributed by atoms with Crippen LogP contribution in [0.2, 0.25) is 0 Å². The Morgan fingerprint density at radius 2 is 1.25 bits per heavy atom. The summed E-state index contributed by atoms with van der Waals surface area (Å²) in [6.45, 7) is 0. The lowest BCUT2D eigenvalue weighted by molar-refractivity contribution is 0.0600. The number of aromatic hydroxyl groups is 1. The third-order valence-corrected chi connectivity index (χ3v) is 4.77. The van der Waals surface area contributed by atoms with Crippen LogP contribution in [0.3, 0.4) is 0 Å². The van der Waals surface area contributed by atoms with Crippen molar-refractivity contribution in [2.75, 3.05) is 7.11 Å². The zero-order valence-electron chi connectivity index (χ0n) is 17.0. The number of esters is 1. The number of phenols is 1. The van der Waals surface area contributed by atoms with Crippen molar-refractivity contribution in [1.29, 1.82) is 0 Å². The zero-order valence-corrected chi connectivity index (χ0v) is 17.0. The molecule has 158 valence electrons. The van der Waals surface area contributed by atoms with Gasteiger partial charge >= 0.3 is 5.97 Å². The Bertz CT molecular complexity index is 1300. The van der Waals surface area contributed by atoms with E-state index >= 15 is 0 Å². The number of rotatable bonds is 5. The van der Waals surface area contributed by atoms with Gasteiger partial charge in [0, 0.05) is 16.7 Å². The Kier molecular flexibility index (Phi) is 5.59. The van der Waals surface area contributed by atoms with Crippen LogP contribution in [0.5, 0.6) is 5.75 Å². The van der Waals surface area contributed by atoms with E-state index in [-0.39, 0.29) is 11.6 Å². The standard InChI is InChI=1S/C24H18N4O4/c1-32-24(31)17-12-10-16(11-13-17)22-26-21(15-8-6-14(7-9-15)20(25)30)27-23(28-22)18-4-2-3-5-19(18)29/h2-13,29H,1H3,(H2,25,30). The Balaban J connectivity index is 1.85. The molecule has 0 saturated carbocycles. The van der Waals surface area contributed by atoms with Gasteiger partial charge in [-0.25, -0.2) is 19.7 Å². The fourth-order valence-corrected chi connectivity index (χ4v) is 3.07. The smallest absolute Gasteiger partial charge is 0.337 e. The summed E-state index contributed by atoms with van der Waals surface area (Å²) in [5.41, 5.74) is 7.81. The normalized spacial score (nSPS) is 10.5. The second kappa shape index (κ2) is 8.65. The van der Waals surface area contributed by atoms with Crippen LogP contribution in [-0.4, -0.2) is 39.0 Å². The van der Waals surface area contributed by atoms with E-state index in [1.807, 2.05) is 0 Å². The number of carbonyl (C=O) groups excluding carboxylic acids is 2. The first kappa shape index (κ1) is 20.7. The molecule has 3 N–H and O–H groups in total. The lowest BCUT2D eigenvalue weighted by Crippen LogP contribution is -2.10. The molecule has 0 radical (unpaired) electrons. The molecule has 32 heavy (non-hydrogen) atoms. The van der Waals surface area contributed by atoms with Gasteiger partial charge in [-0.15, -0.1) is 0 Å². The van der Waals surface area contributed by atoms with Gasteiger partial charge in [0.1, 0.15) is 5.75 Å². The van der Waals surface area contributed by atoms with Crippen LogP contribution >= 0.6 is 0 Å². The molecule has 0 aliphatic heterocycles. The summed E-state index contributed by atoms with van der Waals surface area (Å²) in [4.78, 5) is 36.7. The van der Waals surface area contributed by atoms with E-state index in [4.69, 9.17) is 10.5 Å². The molecule has 0 aliphatic carbocycles. The number of primary amides is 1. The van der Waals surface area contributed by atoms with Gasteiger partial charge in [-0.3, -0.25) is 4.79 Å². The number of nitrogens with two attached hydrogens (primary N) is 1. The highest BCUT2D eigenvalue weighted by Gasteiger charge is 2.15. The summed E-state index contributed by atoms with van der Waals surface area (Å²) < 4.78 is 4.73. The number of hydrogen-bond donors (Lipinski definition) is 2. The van der Waals surface area contributed by atoms with Crippen LogP contribution in [-0.2, 0) is 4.74 Å². The van der Waals surface area contributed by atoms with Crippen molar-refractivity contribution in [3.63, 3.8) is 0 Å². The predicted molar refractivity (Wildman–Crippen MR) is 118 cm³/mol. The van der Waals surface area contributed by atoms with Crippen molar-refractivity contribution < 1.29 is 19.4 Å². The van der Waals surface area contributed by atoms with E-state index < -0.39 is 11.9 Å². The topological polar surface area (TPSA) is 128 Å². The number of benzene rings is 3. The van der Waals surface area contributed by atoms with Gasteiger partial charge in [-0.05, 0) is 36.4 Å². The third-order valence-electron chi connectivity index (χ3n) is 4.77. The van der Waals surface area contributed by atoms with Gasteiger partial charge in [-0.2, -0.15) is 0 Å². The van der Waals surface area contributed by atoms with Gasteiger partial charge in [-0.1, -0.05) is 36.4 Å². The maximum atomic E-state index is 11.7. The minimum Gasteiger partial charge on any atom is -0.507 e. The number of ether oxygens (including phenoxy) is 1. The van der Waals surface area contributed by atoms with Crippen LogP contribution < -0.4 is 5.73 Å². The van der Waals surface area contributed by atoms with Crippen molar-refractivity contribution in [2.45, 2.75) is 0 Å². The van der Waals surface area contributed by atoms with E-state index in [1.54, 1.807) is 72.8 Å². The molecule has 0 atom stereocenters. The quantitative estimate of drug-likeness (QED) is 0.468. The number of methoxy groups -OCH3 is 1. The van der Waals surface area contributed by atoms with Gasteiger partial charge in [0.05, 0.1) is 18.2 Å². The third kappa shape index (κ3) is 4.15. The van der Waals surface area contributed by atoms with Gasteiger partial charge < -0.3 is 15.6 Å². The van der Waals surface area contributed by atoms with Crippen LogP contribution in [0, 0.1) is 0 Å². The maximum Gasteiger partial charge on any atom is 0.337 e. The summed E-state index contributed by atoms with van der Waals surface area (Å²) in [6.07, 6.45) is 0. The van der Waals surface area contributed by atoms with Gasteiger partial charge in [0.25, 0.3) is 0 Å². The zero-order chi connectivity index (χ0) is 22.7. The first-order valence-electron chi connectivity index (χ1n) is 9.59. The minimum atomic E-state index is -0.534. The Morgan fingerprint density at radius 3 is 1.75 bits per heavy atom. The molecule has 0 bridgehead atoms. The van der Waals surface area contributed by atoms with Crippen LogP contribution in [0.15, 0.2) is 72.8 Å². The molecule has 0 fully saturated rings. The molecular weight excluding hydrogens is 408 g/mol. The first-order valence-corrected chi connectivity index (χ1v) is 9.59. The maximum absolute atomic E-state index is 11.7. The molecule has 4 rings (SSSR count). The number of phenolic OH excluding ortho intramolecular Hbond substituents is 1. The predicted octanol–water partition coefficient (Wildman–Crippen LogP) is 3.46. The number of nitrogens with zero attached hydrogens (tertiary/aromatic N) is 3. The SMILES string of the molecule is COC(=O)c1ccc(-c2nc(-c3ccc(C(N)=O)cc3)nc(-c3ccccc3O)n2)cc1. The average molecular weight is 426 g/mol. The molecule has 0 spiro atoms. The summed E-state index contributed by atoms with van der Waals surface area (Å²) in [6, 6.07) is 19.9. The highest BCUT2D eigenvalue weighted by Crippen LogP contribution is 2.29. The molecule has 1 amide bonds. The fraction of sp³-hybridized carbons (Fsp3) is 0.0417. The van der Waals surface area contributed by atoms with E-state index in [9.17, 15) is 14.7 Å². The van der Waals surface area contributed by atoms with Crippen molar-refractivity contribution in [2.24, 2.45) is 5.73 Å². The summed E-state index contributed by atoms with van der Waals surface area (Å²) >= 11 is 0. The molecule has 0 unspecified atom stereocenters. The highest BCUT2D eigenvalue weighted by molar-refractivity contribution is 5.93. The number of para-hydroxylation sites is 1. The second-order valence-corrected chi connectivity index (χ2v) is 6.83. The van der Waals surface area contributed by atoms with Crippen LogP contribution in [0.4, 0.5) is 0 Å². The lowest BCUT2D eigenvalue weighted by Gasteiger charge is -2.10. The van der Waals surface area contributed by atoms with E-state index in [1.165, 1.54) is 7.11 Å². The highest BCUT2D eigenvalue weighted by atomic mass is 16.5. The van der Waals surface area contributed by atoms with Gasteiger partial charge in [0.2, 0.25) is 5.91 Å². The summed E-state index contributed by atoms with van der Waals surface area (Å²) in [5.74, 6) is 0.0237. The molecule has 4 aromatic rings. The Labute approximate surface area is 183 Å². The Morgan fingerprint density at radius 1 is 0.750 bits per heavy atom. The molecular formula is C24H18N4O4. The molecule has 0 saturated heterocycles. The van der Waals surface area contributed by atoms with Crippen molar-refractivity contribution in [3.05, 3.63) is 83.9 Å².